The molecule has 1 N–H and O–H groups in total. The molecule has 0 saturated carbocycles. The summed E-state index contributed by atoms with van der Waals surface area (Å²) in [5.74, 6) is 1.05. The van der Waals surface area contributed by atoms with Gasteiger partial charge in [0, 0.05) is 18.7 Å². The second-order valence-corrected chi connectivity index (χ2v) is 10.5. The third kappa shape index (κ3) is 6.78. The molecule has 0 aromatic heterocycles. The zero-order chi connectivity index (χ0) is 29.5. The first-order valence-corrected chi connectivity index (χ1v) is 14.6. The van der Waals surface area contributed by atoms with Crippen molar-refractivity contribution in [3.8, 4) is 23.0 Å². The summed E-state index contributed by atoms with van der Waals surface area (Å²) in [5, 5.41) is 11.5. The van der Waals surface area contributed by atoms with Gasteiger partial charge in [0.15, 0.2) is 23.0 Å². The zero-order valence-electron chi connectivity index (χ0n) is 24.8. The standard InChI is InChI=1S/C32H42N2O7/c1-6-33(7-2)14-15-34-29(22-9-11-24(26(19-22)38-8-3)39-16-13-21(4)5)28(31(36)32(34)37)30(35)23-10-12-25-27(20-23)41-18-17-40-25/h9-12,19-21,29,35H,6-8,13-18H2,1-5H3/b30-28+/t29-/m1/s1. The highest BCUT2D eigenvalue weighted by Gasteiger charge is 2.46. The van der Waals surface area contributed by atoms with Gasteiger partial charge in [0.25, 0.3) is 11.7 Å². The lowest BCUT2D eigenvalue weighted by atomic mass is 9.94. The number of hydrogen-bond acceptors (Lipinski definition) is 8. The Bertz CT molecular complexity index is 1270. The average Bonchev–Trinajstić information content (AvgIpc) is 3.22. The summed E-state index contributed by atoms with van der Waals surface area (Å²) in [7, 11) is 0. The van der Waals surface area contributed by atoms with Crippen LogP contribution in [0.2, 0.25) is 0 Å². The lowest BCUT2D eigenvalue weighted by Gasteiger charge is -2.28. The average molecular weight is 567 g/mol. The molecular weight excluding hydrogens is 524 g/mol. The van der Waals surface area contributed by atoms with Crippen LogP contribution >= 0.6 is 0 Å². The molecule has 1 amide bonds. The maximum Gasteiger partial charge on any atom is 0.295 e. The second-order valence-electron chi connectivity index (χ2n) is 10.5. The Labute approximate surface area is 242 Å². The summed E-state index contributed by atoms with van der Waals surface area (Å²) in [6.07, 6.45) is 0.897. The number of likely N-dealkylation sites (N-methyl/N-ethyl adjacent to an activating group) is 1. The molecule has 2 aliphatic heterocycles. The van der Waals surface area contributed by atoms with Crippen LogP contribution in [0.4, 0.5) is 0 Å². The van der Waals surface area contributed by atoms with Crippen molar-refractivity contribution >= 4 is 17.4 Å². The van der Waals surface area contributed by atoms with Gasteiger partial charge < -0.3 is 33.9 Å². The summed E-state index contributed by atoms with van der Waals surface area (Å²) >= 11 is 0. The van der Waals surface area contributed by atoms with Crippen LogP contribution in [0.1, 0.15) is 58.2 Å². The first-order valence-electron chi connectivity index (χ1n) is 14.6. The predicted molar refractivity (Wildman–Crippen MR) is 157 cm³/mol. The van der Waals surface area contributed by atoms with Crippen molar-refractivity contribution in [2.75, 3.05) is 52.6 Å². The number of benzene rings is 2. The summed E-state index contributed by atoms with van der Waals surface area (Å²) in [5.41, 5.74) is 1.06. The van der Waals surface area contributed by atoms with Gasteiger partial charge in [-0.05, 0) is 68.2 Å². The van der Waals surface area contributed by atoms with Gasteiger partial charge in [0.05, 0.1) is 24.8 Å². The highest BCUT2D eigenvalue weighted by Crippen LogP contribution is 2.43. The Hall–Kier alpha value is -3.72. The molecule has 0 unspecified atom stereocenters. The first kappa shape index (κ1) is 30.2. The van der Waals surface area contributed by atoms with Crippen molar-refractivity contribution in [3.63, 3.8) is 0 Å². The molecule has 0 aliphatic carbocycles. The van der Waals surface area contributed by atoms with E-state index in [-0.39, 0.29) is 11.3 Å². The molecule has 1 fully saturated rings. The van der Waals surface area contributed by atoms with E-state index in [1.807, 2.05) is 25.1 Å². The fraction of sp³-hybridized carbons (Fsp3) is 0.500. The molecule has 0 bridgehead atoms. The highest BCUT2D eigenvalue weighted by molar-refractivity contribution is 6.46. The number of ketones is 1. The lowest BCUT2D eigenvalue weighted by Crippen LogP contribution is -2.38. The number of Topliss-reactive ketones (excluding diaryl/α,β-unsaturated/α-hetero) is 1. The van der Waals surface area contributed by atoms with Crippen molar-refractivity contribution in [2.45, 2.75) is 47.1 Å². The summed E-state index contributed by atoms with van der Waals surface area (Å²) < 4.78 is 23.3. The highest BCUT2D eigenvalue weighted by atomic mass is 16.6. The van der Waals surface area contributed by atoms with Gasteiger partial charge in [-0.15, -0.1) is 0 Å². The molecular formula is C32H42N2O7. The Balaban J connectivity index is 1.78. The molecule has 0 radical (unpaired) electrons. The molecule has 9 nitrogen and oxygen atoms in total. The van der Waals surface area contributed by atoms with Crippen molar-refractivity contribution in [1.29, 1.82) is 0 Å². The number of aliphatic hydroxyl groups is 1. The van der Waals surface area contributed by atoms with E-state index in [9.17, 15) is 14.7 Å². The Kier molecular flexibility index (Phi) is 10.2. The van der Waals surface area contributed by atoms with E-state index in [1.54, 1.807) is 23.1 Å². The Morgan fingerprint density at radius 1 is 1.00 bits per heavy atom. The maximum absolute atomic E-state index is 13.5. The van der Waals surface area contributed by atoms with Crippen LogP contribution in [0.3, 0.4) is 0 Å². The number of hydrogen-bond donors (Lipinski definition) is 1. The SMILES string of the molecule is CCOc1cc([C@@H]2/C(=C(\O)c3ccc4c(c3)OCCO4)C(=O)C(=O)N2CCN(CC)CC)ccc1OCCC(C)C. The fourth-order valence-electron chi connectivity index (χ4n) is 5.08. The van der Waals surface area contributed by atoms with Gasteiger partial charge in [0.1, 0.15) is 19.0 Å². The van der Waals surface area contributed by atoms with Crippen molar-refractivity contribution in [1.82, 2.24) is 9.80 Å². The fourth-order valence-corrected chi connectivity index (χ4v) is 5.08. The number of likely N-dealkylation sites (tertiary alicyclic amines) is 1. The van der Waals surface area contributed by atoms with Gasteiger partial charge in [-0.2, -0.15) is 0 Å². The molecule has 9 heteroatoms. The minimum absolute atomic E-state index is 0.0298. The van der Waals surface area contributed by atoms with Crippen LogP contribution in [0.5, 0.6) is 23.0 Å². The van der Waals surface area contributed by atoms with Crippen LogP contribution in [0, 0.1) is 5.92 Å². The van der Waals surface area contributed by atoms with Crippen molar-refractivity contribution in [2.24, 2.45) is 5.92 Å². The minimum atomic E-state index is -0.803. The molecule has 222 valence electrons. The van der Waals surface area contributed by atoms with Crippen LogP contribution in [-0.4, -0.2) is 79.2 Å². The van der Waals surface area contributed by atoms with E-state index in [2.05, 4.69) is 32.6 Å². The molecule has 2 heterocycles. The molecule has 1 atom stereocenters. The molecule has 2 aromatic rings. The Morgan fingerprint density at radius 2 is 1.73 bits per heavy atom. The van der Waals surface area contributed by atoms with E-state index in [0.29, 0.717) is 79.6 Å². The van der Waals surface area contributed by atoms with Gasteiger partial charge >= 0.3 is 0 Å². The number of ether oxygens (including phenoxy) is 4. The van der Waals surface area contributed by atoms with Crippen LogP contribution in [0.25, 0.3) is 5.76 Å². The molecule has 1 saturated heterocycles. The topological polar surface area (TPSA) is 97.8 Å². The summed E-state index contributed by atoms with van der Waals surface area (Å²) in [4.78, 5) is 30.7. The lowest BCUT2D eigenvalue weighted by molar-refractivity contribution is -0.140. The van der Waals surface area contributed by atoms with Gasteiger partial charge in [-0.25, -0.2) is 0 Å². The van der Waals surface area contributed by atoms with Gasteiger partial charge in [-0.3, -0.25) is 9.59 Å². The molecule has 0 spiro atoms. The number of amides is 1. The van der Waals surface area contributed by atoms with Gasteiger partial charge in [-0.1, -0.05) is 33.8 Å². The molecule has 41 heavy (non-hydrogen) atoms. The van der Waals surface area contributed by atoms with E-state index < -0.39 is 17.7 Å². The number of fused-ring (bicyclic) bond motifs is 1. The van der Waals surface area contributed by atoms with E-state index in [0.717, 1.165) is 19.5 Å². The van der Waals surface area contributed by atoms with Crippen LogP contribution in [0.15, 0.2) is 42.0 Å². The number of nitrogens with zero attached hydrogens (tertiary/aromatic N) is 2. The summed E-state index contributed by atoms with van der Waals surface area (Å²) in [6.45, 7) is 14.6. The van der Waals surface area contributed by atoms with Crippen LogP contribution < -0.4 is 18.9 Å². The summed E-state index contributed by atoms with van der Waals surface area (Å²) in [6, 6.07) is 9.67. The molecule has 4 rings (SSSR count). The maximum atomic E-state index is 13.5. The van der Waals surface area contributed by atoms with Gasteiger partial charge in [0.2, 0.25) is 0 Å². The smallest absolute Gasteiger partial charge is 0.295 e. The number of carbonyl (C=O) groups excluding carboxylic acids is 2. The number of aliphatic hydroxyl groups excluding tert-OH is 1. The number of rotatable bonds is 13. The van der Waals surface area contributed by atoms with Crippen molar-refractivity contribution in [3.05, 3.63) is 53.1 Å². The Morgan fingerprint density at radius 3 is 2.41 bits per heavy atom. The third-order valence-corrected chi connectivity index (χ3v) is 7.44. The second kappa shape index (κ2) is 13.8. The van der Waals surface area contributed by atoms with Crippen LogP contribution in [-0.2, 0) is 9.59 Å². The minimum Gasteiger partial charge on any atom is -0.507 e. The molecule has 2 aromatic carbocycles. The van der Waals surface area contributed by atoms with E-state index >= 15 is 0 Å². The predicted octanol–water partition coefficient (Wildman–Crippen LogP) is 5.04. The monoisotopic (exact) mass is 566 g/mol. The van der Waals surface area contributed by atoms with E-state index in [4.69, 9.17) is 18.9 Å². The molecule has 2 aliphatic rings. The zero-order valence-corrected chi connectivity index (χ0v) is 24.8. The normalized spacial score (nSPS) is 17.9. The third-order valence-electron chi connectivity index (χ3n) is 7.44. The number of carbonyl (C=O) groups is 2. The van der Waals surface area contributed by atoms with E-state index in [1.165, 1.54) is 0 Å². The van der Waals surface area contributed by atoms with Crippen molar-refractivity contribution < 1.29 is 33.6 Å². The first-order chi connectivity index (χ1) is 19.8. The largest absolute Gasteiger partial charge is 0.507 e. The quantitative estimate of drug-likeness (QED) is 0.205.